The summed E-state index contributed by atoms with van der Waals surface area (Å²) in [6.45, 7) is 12.9. The first-order chi connectivity index (χ1) is 6.62. The third kappa shape index (κ3) is 2.71. The fraction of sp³-hybridized carbons (Fsp3) is 1.00. The molecule has 0 saturated carbocycles. The Balaban J connectivity index is 2.57. The molecule has 1 heterocycles. The van der Waals surface area contributed by atoms with Crippen molar-refractivity contribution in [3.8, 4) is 0 Å². The minimum atomic E-state index is 0.422. The van der Waals surface area contributed by atoms with E-state index >= 15 is 0 Å². The number of hydrogen-bond acceptors (Lipinski definition) is 2. The summed E-state index contributed by atoms with van der Waals surface area (Å²) < 4.78 is 0. The Bertz CT molecular complexity index is 164. The molecule has 14 heavy (non-hydrogen) atoms. The summed E-state index contributed by atoms with van der Waals surface area (Å²) in [7, 11) is 0. The van der Waals surface area contributed by atoms with Crippen molar-refractivity contribution in [3.63, 3.8) is 0 Å². The second-order valence-corrected chi connectivity index (χ2v) is 4.83. The van der Waals surface area contributed by atoms with Crippen molar-refractivity contribution >= 4 is 0 Å². The van der Waals surface area contributed by atoms with Crippen molar-refractivity contribution in [1.29, 1.82) is 0 Å². The van der Waals surface area contributed by atoms with E-state index in [9.17, 15) is 0 Å². The molecule has 0 aliphatic carbocycles. The molecule has 1 aliphatic heterocycles. The average molecular weight is 198 g/mol. The SMILES string of the molecule is CCC(C)(CC)N1CCNC(C)CC1. The predicted octanol–water partition coefficient (Wildman–Crippen LogP) is 2.25. The maximum Gasteiger partial charge on any atom is 0.0176 e. The average Bonchev–Trinajstić information content (AvgIpc) is 2.42. The molecule has 1 saturated heterocycles. The Labute approximate surface area is 89.1 Å². The summed E-state index contributed by atoms with van der Waals surface area (Å²) in [5.74, 6) is 0. The fourth-order valence-corrected chi connectivity index (χ4v) is 2.25. The van der Waals surface area contributed by atoms with E-state index in [1.807, 2.05) is 0 Å². The van der Waals surface area contributed by atoms with Gasteiger partial charge in [0.1, 0.15) is 0 Å². The van der Waals surface area contributed by atoms with Crippen molar-refractivity contribution in [2.24, 2.45) is 0 Å². The van der Waals surface area contributed by atoms with Crippen molar-refractivity contribution in [3.05, 3.63) is 0 Å². The van der Waals surface area contributed by atoms with Gasteiger partial charge in [0.05, 0.1) is 0 Å². The van der Waals surface area contributed by atoms with Crippen LogP contribution in [0.2, 0.25) is 0 Å². The van der Waals surface area contributed by atoms with E-state index < -0.39 is 0 Å². The van der Waals surface area contributed by atoms with Crippen molar-refractivity contribution in [2.75, 3.05) is 19.6 Å². The maximum atomic E-state index is 3.55. The summed E-state index contributed by atoms with van der Waals surface area (Å²) in [6.07, 6.45) is 3.81. The monoisotopic (exact) mass is 198 g/mol. The van der Waals surface area contributed by atoms with Crippen LogP contribution in [0.5, 0.6) is 0 Å². The Morgan fingerprint density at radius 2 is 1.93 bits per heavy atom. The Kier molecular flexibility index (Phi) is 4.39. The number of hydrogen-bond donors (Lipinski definition) is 1. The Hall–Kier alpha value is -0.0800. The molecule has 2 heteroatoms. The topological polar surface area (TPSA) is 15.3 Å². The quantitative estimate of drug-likeness (QED) is 0.748. The molecule has 1 fully saturated rings. The van der Waals surface area contributed by atoms with Crippen LogP contribution >= 0.6 is 0 Å². The van der Waals surface area contributed by atoms with Crippen molar-refractivity contribution < 1.29 is 0 Å². The standard InChI is InChI=1S/C12H26N2/c1-5-12(4,6-2)14-9-7-11(3)13-8-10-14/h11,13H,5-10H2,1-4H3. The van der Waals surface area contributed by atoms with E-state index in [-0.39, 0.29) is 0 Å². The molecular weight excluding hydrogens is 172 g/mol. The molecule has 1 rings (SSSR count). The van der Waals surface area contributed by atoms with Crippen LogP contribution in [0.3, 0.4) is 0 Å². The zero-order valence-electron chi connectivity index (χ0n) is 10.3. The van der Waals surface area contributed by atoms with Crippen LogP contribution in [0, 0.1) is 0 Å². The normalized spacial score (nSPS) is 26.1. The molecule has 0 radical (unpaired) electrons. The first-order valence-corrected chi connectivity index (χ1v) is 6.11. The van der Waals surface area contributed by atoms with Gasteiger partial charge in [-0.25, -0.2) is 0 Å². The lowest BCUT2D eigenvalue weighted by Crippen LogP contribution is -2.47. The zero-order chi connectivity index (χ0) is 10.6. The molecule has 0 amide bonds. The first-order valence-electron chi connectivity index (χ1n) is 6.11. The molecule has 0 aromatic heterocycles. The van der Waals surface area contributed by atoms with E-state index in [1.165, 1.54) is 32.4 Å². The van der Waals surface area contributed by atoms with Gasteiger partial charge in [-0.2, -0.15) is 0 Å². The minimum Gasteiger partial charge on any atom is -0.313 e. The van der Waals surface area contributed by atoms with Crippen LogP contribution in [0.25, 0.3) is 0 Å². The lowest BCUT2D eigenvalue weighted by Gasteiger charge is -2.39. The molecule has 1 N–H and O–H groups in total. The highest BCUT2D eigenvalue weighted by Crippen LogP contribution is 2.24. The second kappa shape index (κ2) is 5.13. The Morgan fingerprint density at radius 1 is 1.29 bits per heavy atom. The van der Waals surface area contributed by atoms with E-state index in [0.29, 0.717) is 11.6 Å². The summed E-state index contributed by atoms with van der Waals surface area (Å²) >= 11 is 0. The van der Waals surface area contributed by atoms with Gasteiger partial charge < -0.3 is 5.32 Å². The predicted molar refractivity (Wildman–Crippen MR) is 62.6 cm³/mol. The first kappa shape index (κ1) is 12.0. The largest absolute Gasteiger partial charge is 0.313 e. The lowest BCUT2D eigenvalue weighted by molar-refractivity contribution is 0.102. The number of rotatable bonds is 3. The van der Waals surface area contributed by atoms with Gasteiger partial charge in [0, 0.05) is 31.2 Å². The molecule has 1 atom stereocenters. The second-order valence-electron chi connectivity index (χ2n) is 4.83. The van der Waals surface area contributed by atoms with Crippen LogP contribution in [0.4, 0.5) is 0 Å². The van der Waals surface area contributed by atoms with Crippen molar-refractivity contribution in [2.45, 2.75) is 58.5 Å². The highest BCUT2D eigenvalue weighted by Gasteiger charge is 2.28. The highest BCUT2D eigenvalue weighted by atomic mass is 15.2. The van der Waals surface area contributed by atoms with Gasteiger partial charge >= 0.3 is 0 Å². The lowest BCUT2D eigenvalue weighted by atomic mass is 9.93. The molecule has 0 bridgehead atoms. The number of nitrogens with one attached hydrogen (secondary N) is 1. The number of nitrogens with zero attached hydrogens (tertiary/aromatic N) is 1. The maximum absolute atomic E-state index is 3.55. The third-order valence-corrected chi connectivity index (χ3v) is 3.99. The fourth-order valence-electron chi connectivity index (χ4n) is 2.25. The van der Waals surface area contributed by atoms with Gasteiger partial charge in [-0.3, -0.25) is 4.90 Å². The van der Waals surface area contributed by atoms with Gasteiger partial charge in [-0.1, -0.05) is 13.8 Å². The molecular formula is C12H26N2. The van der Waals surface area contributed by atoms with Gasteiger partial charge in [0.15, 0.2) is 0 Å². The summed E-state index contributed by atoms with van der Waals surface area (Å²) in [6, 6.07) is 0.693. The van der Waals surface area contributed by atoms with Gasteiger partial charge in [-0.05, 0) is 33.1 Å². The molecule has 1 unspecified atom stereocenters. The highest BCUT2D eigenvalue weighted by molar-refractivity contribution is 4.86. The van der Waals surface area contributed by atoms with E-state index in [2.05, 4.69) is 37.9 Å². The summed E-state index contributed by atoms with van der Waals surface area (Å²) in [5.41, 5.74) is 0.422. The van der Waals surface area contributed by atoms with E-state index in [4.69, 9.17) is 0 Å². The van der Waals surface area contributed by atoms with Crippen molar-refractivity contribution in [1.82, 2.24) is 10.2 Å². The molecule has 1 aliphatic rings. The van der Waals surface area contributed by atoms with E-state index in [0.717, 1.165) is 6.54 Å². The molecule has 2 nitrogen and oxygen atoms in total. The van der Waals surface area contributed by atoms with Crippen LogP contribution in [0.1, 0.15) is 47.0 Å². The van der Waals surface area contributed by atoms with Crippen LogP contribution < -0.4 is 5.32 Å². The molecule has 0 aromatic carbocycles. The smallest absolute Gasteiger partial charge is 0.0176 e. The molecule has 0 aromatic rings. The van der Waals surface area contributed by atoms with Gasteiger partial charge in [0.25, 0.3) is 0 Å². The van der Waals surface area contributed by atoms with E-state index in [1.54, 1.807) is 0 Å². The summed E-state index contributed by atoms with van der Waals surface area (Å²) in [5, 5.41) is 3.55. The van der Waals surface area contributed by atoms with Crippen LogP contribution in [0.15, 0.2) is 0 Å². The third-order valence-electron chi connectivity index (χ3n) is 3.99. The minimum absolute atomic E-state index is 0.422. The Morgan fingerprint density at radius 3 is 2.50 bits per heavy atom. The molecule has 84 valence electrons. The molecule has 0 spiro atoms. The zero-order valence-corrected chi connectivity index (χ0v) is 10.3. The summed E-state index contributed by atoms with van der Waals surface area (Å²) in [4.78, 5) is 2.67. The van der Waals surface area contributed by atoms with Crippen LogP contribution in [-0.2, 0) is 0 Å². The van der Waals surface area contributed by atoms with Gasteiger partial charge in [0.2, 0.25) is 0 Å². The van der Waals surface area contributed by atoms with Gasteiger partial charge in [-0.15, -0.1) is 0 Å². The van der Waals surface area contributed by atoms with Crippen LogP contribution in [-0.4, -0.2) is 36.1 Å².